The van der Waals surface area contributed by atoms with Crippen molar-refractivity contribution in [2.75, 3.05) is 6.54 Å². The zero-order valence-corrected chi connectivity index (χ0v) is 29.3. The molecule has 0 N–H and O–H groups in total. The number of rotatable bonds is 10. The number of terminal acetylenes is 1. The van der Waals surface area contributed by atoms with Crippen LogP contribution in [0, 0.1) is 137 Å². The van der Waals surface area contributed by atoms with Gasteiger partial charge in [0.25, 0.3) is 0 Å². The van der Waals surface area contributed by atoms with Gasteiger partial charge in [-0.3, -0.25) is 4.79 Å². The van der Waals surface area contributed by atoms with E-state index in [1.165, 1.54) is 19.3 Å². The lowest BCUT2D eigenvalue weighted by Gasteiger charge is -2.25. The first kappa shape index (κ1) is 40.5. The molecule has 2 rings (SSSR count). The minimum atomic E-state index is -0.116. The van der Waals surface area contributed by atoms with Gasteiger partial charge in [0.05, 0.1) is 11.5 Å². The summed E-state index contributed by atoms with van der Waals surface area (Å²) in [5, 5.41) is 0. The van der Waals surface area contributed by atoms with E-state index in [2.05, 4.69) is 196 Å². The number of fused-ring (bicyclic) bond motifs is 1. The van der Waals surface area contributed by atoms with E-state index in [0.29, 0.717) is 12.1 Å². The fraction of sp³-hybridized carbons (Fsp3) is 0.280. The van der Waals surface area contributed by atoms with Crippen LogP contribution >= 0.6 is 0 Å². The quantitative estimate of drug-likeness (QED) is 0.108. The molecule has 0 aromatic heterocycles. The minimum absolute atomic E-state index is 0.0591. The van der Waals surface area contributed by atoms with E-state index in [9.17, 15) is 4.79 Å². The Hall–Kier alpha value is -7.69. The highest BCUT2D eigenvalue weighted by Gasteiger charge is 2.43. The minimum Gasteiger partial charge on any atom is -0.316 e. The van der Waals surface area contributed by atoms with Crippen LogP contribution in [0.2, 0.25) is 0 Å². The van der Waals surface area contributed by atoms with Crippen molar-refractivity contribution in [3.63, 3.8) is 0 Å². The molecule has 1 aliphatic heterocycles. The molecule has 2 heteroatoms. The molecule has 1 fully saturated rings. The molecule has 2 nitrogen and oxygen atoms in total. The third-order valence-electron chi connectivity index (χ3n) is 7.44. The number of unbranched alkanes of at least 4 members (excludes halogenated alkanes) is 5. The molecule has 0 radical (unpaired) electrons. The van der Waals surface area contributed by atoms with Gasteiger partial charge >= 0.3 is 0 Å². The van der Waals surface area contributed by atoms with E-state index >= 15 is 0 Å². The largest absolute Gasteiger partial charge is 0.316 e. The van der Waals surface area contributed by atoms with Crippen molar-refractivity contribution in [3.05, 3.63) is 88.2 Å². The van der Waals surface area contributed by atoms with E-state index in [1.54, 1.807) is 0 Å². The van der Waals surface area contributed by atoms with Crippen molar-refractivity contribution in [1.82, 2.24) is 4.90 Å². The second-order valence-corrected chi connectivity index (χ2v) is 10.8. The van der Waals surface area contributed by atoms with Gasteiger partial charge in [-0.2, -0.15) is 0 Å². The molecular weight excluding hydrogens is 631 g/mol. The van der Waals surface area contributed by atoms with Gasteiger partial charge in [0.15, 0.2) is 0 Å². The van der Waals surface area contributed by atoms with Crippen LogP contribution in [0.5, 0.6) is 0 Å². The zero-order valence-electron chi connectivity index (χ0n) is 29.3. The molecule has 3 unspecified atom stereocenters. The molecule has 2 aliphatic rings. The molecule has 0 spiro atoms. The molecule has 0 saturated carbocycles. The first-order valence-electron chi connectivity index (χ1n) is 16.7. The van der Waals surface area contributed by atoms with Crippen LogP contribution in [-0.4, -0.2) is 17.4 Å². The Bertz CT molecular complexity index is 2410. The Labute approximate surface area is 310 Å². The van der Waals surface area contributed by atoms with Gasteiger partial charge in [0, 0.05) is 35.9 Å². The molecule has 0 aromatic rings. The number of likely N-dealkylation sites (tertiary alicyclic amines) is 1. The van der Waals surface area contributed by atoms with Crippen LogP contribution in [0.15, 0.2) is 88.2 Å². The van der Waals surface area contributed by atoms with Gasteiger partial charge in [-0.25, -0.2) is 0 Å². The van der Waals surface area contributed by atoms with E-state index < -0.39 is 0 Å². The van der Waals surface area contributed by atoms with Crippen LogP contribution in [0.4, 0.5) is 0 Å². The predicted molar refractivity (Wildman–Crippen MR) is 207 cm³/mol. The Balaban J connectivity index is 2.38. The third-order valence-corrected chi connectivity index (χ3v) is 7.44. The lowest BCUT2D eigenvalue weighted by molar-refractivity contribution is -0.130. The summed E-state index contributed by atoms with van der Waals surface area (Å²) in [4.78, 5) is 15.4. The number of hydrogen-bond acceptors (Lipinski definition) is 1. The normalized spacial score (nSPS) is 13.3. The number of allylic oxidation sites excluding steroid dienone is 3. The zero-order chi connectivity index (χ0) is 37.3. The van der Waals surface area contributed by atoms with Gasteiger partial charge in [-0.15, -0.1) is 6.42 Å². The summed E-state index contributed by atoms with van der Waals surface area (Å²) in [5.41, 5.74) is 25.7. The van der Waals surface area contributed by atoms with Crippen LogP contribution in [0.3, 0.4) is 0 Å². The van der Waals surface area contributed by atoms with E-state index in [4.69, 9.17) is 6.42 Å². The number of carbonyl (C=O) groups excluding carboxylic acids is 1. The fourth-order valence-electron chi connectivity index (χ4n) is 5.06. The molecule has 52 heavy (non-hydrogen) atoms. The molecule has 0 aromatic carbocycles. The Kier molecular flexibility index (Phi) is 21.2. The molecule has 3 atom stereocenters. The average Bonchev–Trinajstić information content (AvgIpc) is 3.40. The van der Waals surface area contributed by atoms with Crippen LogP contribution in [0.25, 0.3) is 0 Å². The SMILES string of the molecule is C#CC#CC#CC#CC#CC#CC#CC#CC#CC#CC(=C=C=C=C=C=C=C=C=C=C)C(CCCCCCCC)CN1C(=C)C2CC=CCC2C1=O. The molecule has 1 saturated heterocycles. The standard InChI is InChI=1S/C50H33NO/c1-5-8-11-14-17-19-20-21-22-23-24-25-26-27-28-30-33-35-40-46(39-34-32-29-18-15-12-9-6-2)47(41-36-31-16-13-10-7-3)44-51-45(4)48-42-37-38-43-49(48)50(51)52/h1,37-38,47-49H,2,4,7,10,13,16,31,36,41-44H2,3H3. The third kappa shape index (κ3) is 16.9. The molecule has 1 amide bonds. The first-order valence-corrected chi connectivity index (χ1v) is 16.7. The smallest absolute Gasteiger partial charge is 0.230 e. The monoisotopic (exact) mass is 663 g/mol. The van der Waals surface area contributed by atoms with Crippen LogP contribution in [0.1, 0.15) is 64.7 Å². The summed E-state index contributed by atoms with van der Waals surface area (Å²) >= 11 is 0. The van der Waals surface area contributed by atoms with Gasteiger partial charge < -0.3 is 4.90 Å². The van der Waals surface area contributed by atoms with Gasteiger partial charge in [-0.1, -0.05) is 69.9 Å². The lowest BCUT2D eigenvalue weighted by Crippen LogP contribution is -2.32. The molecule has 0 bridgehead atoms. The molecule has 1 aliphatic carbocycles. The number of amides is 1. The highest BCUT2D eigenvalue weighted by atomic mass is 16.2. The van der Waals surface area contributed by atoms with Crippen molar-refractivity contribution in [1.29, 1.82) is 0 Å². The van der Waals surface area contributed by atoms with E-state index in [0.717, 1.165) is 44.2 Å². The second-order valence-electron chi connectivity index (χ2n) is 10.8. The fourth-order valence-corrected chi connectivity index (χ4v) is 5.06. The highest BCUT2D eigenvalue weighted by molar-refractivity contribution is 5.85. The molecule has 244 valence electrons. The molecular formula is C50H33NO. The summed E-state index contributed by atoms with van der Waals surface area (Å²) in [6, 6.07) is 0. The highest BCUT2D eigenvalue weighted by Crippen LogP contribution is 2.41. The van der Waals surface area contributed by atoms with Gasteiger partial charge in [-0.05, 0) is 172 Å². The second kappa shape index (κ2) is 27.3. The summed E-state index contributed by atoms with van der Waals surface area (Å²) in [6.45, 7) is 10.4. The summed E-state index contributed by atoms with van der Waals surface area (Å²) < 4.78 is 0. The van der Waals surface area contributed by atoms with Crippen molar-refractivity contribution in [2.45, 2.75) is 64.7 Å². The van der Waals surface area contributed by atoms with Crippen LogP contribution < -0.4 is 0 Å². The van der Waals surface area contributed by atoms with Crippen LogP contribution in [-0.2, 0) is 4.79 Å². The summed E-state index contributed by atoms with van der Waals surface area (Å²) in [7, 11) is 0. The average molecular weight is 664 g/mol. The molecule has 1 heterocycles. The maximum absolute atomic E-state index is 13.5. The van der Waals surface area contributed by atoms with Crippen molar-refractivity contribution in [2.24, 2.45) is 17.8 Å². The number of hydrogen-bond donors (Lipinski definition) is 0. The number of carbonyl (C=O) groups is 1. The van der Waals surface area contributed by atoms with Crippen molar-refractivity contribution < 1.29 is 4.79 Å². The lowest BCUT2D eigenvalue weighted by atomic mass is 9.84. The summed E-state index contributed by atoms with van der Waals surface area (Å²) in [5.74, 6) is 49.0. The van der Waals surface area contributed by atoms with Crippen molar-refractivity contribution in [3.8, 4) is 119 Å². The summed E-state index contributed by atoms with van der Waals surface area (Å²) in [6.07, 6.45) is 18.5. The van der Waals surface area contributed by atoms with E-state index in [1.807, 2.05) is 4.90 Å². The Morgan fingerprint density at radius 1 is 0.692 bits per heavy atom. The maximum Gasteiger partial charge on any atom is 0.230 e. The Morgan fingerprint density at radius 3 is 1.71 bits per heavy atom. The topological polar surface area (TPSA) is 20.3 Å². The van der Waals surface area contributed by atoms with E-state index in [-0.39, 0.29) is 23.7 Å². The maximum atomic E-state index is 13.5. The number of nitrogens with zero attached hydrogens (tertiary/aromatic N) is 1. The predicted octanol–water partition coefficient (Wildman–Crippen LogP) is 6.91. The van der Waals surface area contributed by atoms with Crippen molar-refractivity contribution >= 4 is 5.91 Å². The Morgan fingerprint density at radius 2 is 1.17 bits per heavy atom. The first-order chi connectivity index (χ1) is 25.6. The van der Waals surface area contributed by atoms with Gasteiger partial charge in [0.2, 0.25) is 5.91 Å². The van der Waals surface area contributed by atoms with Gasteiger partial charge in [0.1, 0.15) is 0 Å².